The van der Waals surface area contributed by atoms with E-state index < -0.39 is 0 Å². The molecule has 4 N–H and O–H groups in total. The molecule has 0 aliphatic heterocycles. The van der Waals surface area contributed by atoms with Crippen LogP contribution >= 0.6 is 0 Å². The van der Waals surface area contributed by atoms with Crippen LogP contribution < -0.4 is 11.1 Å². The third-order valence-electron chi connectivity index (χ3n) is 2.34. The number of nitrogens with two attached hydrogens (primary N) is 1. The standard InChI is InChI=1S/C11H16N4O2/c1-17-5-3-9(7-16)15-11-10(13)8(6-12)2-4-14-11/h2,4,9,16H,3,5,7,13H2,1H3,(H,14,15). The molecule has 0 saturated carbocycles. The van der Waals surface area contributed by atoms with Gasteiger partial charge in [0.1, 0.15) is 6.07 Å². The molecule has 1 unspecified atom stereocenters. The monoisotopic (exact) mass is 236 g/mol. The van der Waals surface area contributed by atoms with E-state index in [0.29, 0.717) is 30.1 Å². The number of rotatable bonds is 6. The molecule has 0 aromatic carbocycles. The Morgan fingerprint density at radius 2 is 2.47 bits per heavy atom. The van der Waals surface area contributed by atoms with Gasteiger partial charge in [-0.3, -0.25) is 0 Å². The number of anilines is 2. The molecular weight excluding hydrogens is 220 g/mol. The molecule has 0 spiro atoms. The Labute approximate surface area is 100 Å². The number of nitrogens with one attached hydrogen (secondary N) is 1. The van der Waals surface area contributed by atoms with Crippen LogP contribution in [0.4, 0.5) is 11.5 Å². The minimum absolute atomic E-state index is 0.0543. The van der Waals surface area contributed by atoms with Crippen LogP contribution in [0, 0.1) is 11.3 Å². The summed E-state index contributed by atoms with van der Waals surface area (Å²) in [5, 5.41) is 21.0. The third-order valence-corrected chi connectivity index (χ3v) is 2.34. The number of hydrogen-bond acceptors (Lipinski definition) is 6. The van der Waals surface area contributed by atoms with Crippen molar-refractivity contribution in [1.82, 2.24) is 4.98 Å². The average molecular weight is 236 g/mol. The van der Waals surface area contributed by atoms with E-state index in [9.17, 15) is 5.11 Å². The molecule has 1 heterocycles. The molecule has 0 bridgehead atoms. The number of aromatic nitrogens is 1. The van der Waals surface area contributed by atoms with Gasteiger partial charge in [-0.2, -0.15) is 5.26 Å². The van der Waals surface area contributed by atoms with Crippen LogP contribution in [0.1, 0.15) is 12.0 Å². The molecule has 0 amide bonds. The van der Waals surface area contributed by atoms with E-state index >= 15 is 0 Å². The van der Waals surface area contributed by atoms with Crippen LogP contribution in [0.15, 0.2) is 12.3 Å². The lowest BCUT2D eigenvalue weighted by atomic mass is 10.2. The van der Waals surface area contributed by atoms with Crippen molar-refractivity contribution in [2.75, 3.05) is 31.4 Å². The van der Waals surface area contributed by atoms with Crippen LogP contribution in [-0.4, -0.2) is 36.5 Å². The van der Waals surface area contributed by atoms with E-state index in [1.54, 1.807) is 13.2 Å². The maximum Gasteiger partial charge on any atom is 0.150 e. The number of nitrogens with zero attached hydrogens (tertiary/aromatic N) is 2. The summed E-state index contributed by atoms with van der Waals surface area (Å²) in [5.41, 5.74) is 6.43. The van der Waals surface area contributed by atoms with Crippen molar-refractivity contribution < 1.29 is 9.84 Å². The maximum atomic E-state index is 9.18. The third kappa shape index (κ3) is 3.59. The second-order valence-corrected chi connectivity index (χ2v) is 3.54. The molecule has 0 aliphatic carbocycles. The first-order valence-corrected chi connectivity index (χ1v) is 5.23. The summed E-state index contributed by atoms with van der Waals surface area (Å²) in [6.07, 6.45) is 2.13. The van der Waals surface area contributed by atoms with Gasteiger partial charge in [-0.25, -0.2) is 4.98 Å². The summed E-state index contributed by atoms with van der Waals surface area (Å²) < 4.78 is 4.93. The highest BCUT2D eigenvalue weighted by atomic mass is 16.5. The number of ether oxygens (including phenoxy) is 1. The largest absolute Gasteiger partial charge is 0.395 e. The predicted molar refractivity (Wildman–Crippen MR) is 64.4 cm³/mol. The van der Waals surface area contributed by atoms with Gasteiger partial charge in [0.2, 0.25) is 0 Å². The number of nitrogen functional groups attached to an aromatic ring is 1. The minimum Gasteiger partial charge on any atom is -0.395 e. The maximum absolute atomic E-state index is 9.18. The van der Waals surface area contributed by atoms with Crippen molar-refractivity contribution in [1.29, 1.82) is 5.26 Å². The number of aliphatic hydroxyl groups is 1. The molecule has 1 rings (SSSR count). The molecule has 0 aliphatic rings. The zero-order valence-electron chi connectivity index (χ0n) is 9.68. The Bertz CT molecular complexity index is 403. The predicted octanol–water partition coefficient (Wildman–Crippen LogP) is 0.345. The zero-order chi connectivity index (χ0) is 12.7. The molecule has 6 nitrogen and oxygen atoms in total. The van der Waals surface area contributed by atoms with E-state index in [0.717, 1.165) is 0 Å². The van der Waals surface area contributed by atoms with E-state index in [-0.39, 0.29) is 12.6 Å². The highest BCUT2D eigenvalue weighted by Crippen LogP contribution is 2.20. The highest BCUT2D eigenvalue weighted by molar-refractivity contribution is 5.69. The molecule has 1 atom stereocenters. The van der Waals surface area contributed by atoms with Gasteiger partial charge >= 0.3 is 0 Å². The number of methoxy groups -OCH3 is 1. The SMILES string of the molecule is COCCC(CO)Nc1nccc(C#N)c1N. The van der Waals surface area contributed by atoms with Gasteiger partial charge in [-0.05, 0) is 12.5 Å². The number of nitriles is 1. The Hall–Kier alpha value is -1.84. The van der Waals surface area contributed by atoms with Crippen molar-refractivity contribution >= 4 is 11.5 Å². The molecule has 1 aromatic rings. The number of aliphatic hydroxyl groups excluding tert-OH is 1. The first-order chi connectivity index (χ1) is 8.22. The summed E-state index contributed by atoms with van der Waals surface area (Å²) in [5.74, 6) is 0.416. The average Bonchev–Trinajstić information content (AvgIpc) is 2.36. The lowest BCUT2D eigenvalue weighted by Crippen LogP contribution is -2.26. The van der Waals surface area contributed by atoms with Crippen LogP contribution in [0.5, 0.6) is 0 Å². The van der Waals surface area contributed by atoms with Gasteiger partial charge in [-0.1, -0.05) is 0 Å². The quantitative estimate of drug-likeness (QED) is 0.658. The first-order valence-electron chi connectivity index (χ1n) is 5.23. The van der Waals surface area contributed by atoms with Gasteiger partial charge in [0, 0.05) is 19.9 Å². The van der Waals surface area contributed by atoms with Crippen molar-refractivity contribution in [3.05, 3.63) is 17.8 Å². The Morgan fingerprint density at radius 3 is 3.06 bits per heavy atom. The lowest BCUT2D eigenvalue weighted by Gasteiger charge is -2.17. The fraction of sp³-hybridized carbons (Fsp3) is 0.455. The molecule has 6 heteroatoms. The molecule has 0 saturated heterocycles. The van der Waals surface area contributed by atoms with Gasteiger partial charge in [0.15, 0.2) is 5.82 Å². The van der Waals surface area contributed by atoms with Gasteiger partial charge < -0.3 is 20.9 Å². The van der Waals surface area contributed by atoms with E-state index in [1.807, 2.05) is 6.07 Å². The molecule has 0 radical (unpaired) electrons. The van der Waals surface area contributed by atoms with Gasteiger partial charge in [0.25, 0.3) is 0 Å². The normalized spacial score (nSPS) is 11.8. The fourth-order valence-electron chi connectivity index (χ4n) is 1.35. The van der Waals surface area contributed by atoms with Gasteiger partial charge in [0.05, 0.1) is 23.9 Å². The van der Waals surface area contributed by atoms with Crippen LogP contribution in [0.3, 0.4) is 0 Å². The Balaban J connectivity index is 2.76. The molecule has 17 heavy (non-hydrogen) atoms. The van der Waals surface area contributed by atoms with Crippen molar-refractivity contribution in [2.24, 2.45) is 0 Å². The summed E-state index contributed by atoms with van der Waals surface area (Å²) in [7, 11) is 1.59. The second kappa shape index (κ2) is 6.68. The van der Waals surface area contributed by atoms with E-state index in [1.165, 1.54) is 6.20 Å². The summed E-state index contributed by atoms with van der Waals surface area (Å²) >= 11 is 0. The second-order valence-electron chi connectivity index (χ2n) is 3.54. The van der Waals surface area contributed by atoms with E-state index in [2.05, 4.69) is 10.3 Å². The van der Waals surface area contributed by atoms with Crippen LogP contribution in [0.2, 0.25) is 0 Å². The summed E-state index contributed by atoms with van der Waals surface area (Å²) in [6.45, 7) is 0.470. The van der Waals surface area contributed by atoms with Crippen LogP contribution in [-0.2, 0) is 4.74 Å². The molecular formula is C11H16N4O2. The fourth-order valence-corrected chi connectivity index (χ4v) is 1.35. The number of hydrogen-bond donors (Lipinski definition) is 3. The lowest BCUT2D eigenvalue weighted by molar-refractivity contribution is 0.174. The zero-order valence-corrected chi connectivity index (χ0v) is 9.68. The summed E-state index contributed by atoms with van der Waals surface area (Å²) in [4.78, 5) is 4.04. The van der Waals surface area contributed by atoms with Crippen molar-refractivity contribution in [3.8, 4) is 6.07 Å². The van der Waals surface area contributed by atoms with E-state index in [4.69, 9.17) is 15.7 Å². The highest BCUT2D eigenvalue weighted by Gasteiger charge is 2.11. The van der Waals surface area contributed by atoms with Crippen LogP contribution in [0.25, 0.3) is 0 Å². The first kappa shape index (κ1) is 13.2. The van der Waals surface area contributed by atoms with Crippen molar-refractivity contribution in [3.63, 3.8) is 0 Å². The minimum atomic E-state index is -0.196. The Kier molecular flexibility index (Phi) is 5.20. The molecule has 0 fully saturated rings. The summed E-state index contributed by atoms with van der Waals surface area (Å²) in [6, 6.07) is 3.33. The topological polar surface area (TPSA) is 104 Å². The Morgan fingerprint density at radius 1 is 1.71 bits per heavy atom. The smallest absolute Gasteiger partial charge is 0.150 e. The molecule has 92 valence electrons. The van der Waals surface area contributed by atoms with Gasteiger partial charge in [-0.15, -0.1) is 0 Å². The van der Waals surface area contributed by atoms with Crippen molar-refractivity contribution in [2.45, 2.75) is 12.5 Å². The molecule has 1 aromatic heterocycles. The number of pyridine rings is 1.